The lowest BCUT2D eigenvalue weighted by Gasteiger charge is -2.17. The number of aromatic nitrogens is 2. The first kappa shape index (κ1) is 12.9. The second kappa shape index (κ2) is 5.79. The lowest BCUT2D eigenvalue weighted by Crippen LogP contribution is -2.24. The minimum Gasteiger partial charge on any atom is -0.309 e. The summed E-state index contributed by atoms with van der Waals surface area (Å²) in [6.45, 7) is 2.44. The molecule has 0 bridgehead atoms. The largest absolute Gasteiger partial charge is 0.389 e. The van der Waals surface area contributed by atoms with Gasteiger partial charge >= 0.3 is 6.18 Å². The molecule has 0 radical (unpaired) electrons. The van der Waals surface area contributed by atoms with Gasteiger partial charge in [-0.15, -0.1) is 0 Å². The van der Waals surface area contributed by atoms with Gasteiger partial charge in [0, 0.05) is 25.0 Å². The maximum Gasteiger partial charge on any atom is 0.389 e. The van der Waals surface area contributed by atoms with E-state index < -0.39 is 12.6 Å². The standard InChI is InChI=1S/C10H14F3N3/c1-2-15-8(3-4-10(11,12)13)9-7-14-5-6-16-9/h5-8,15H,2-4H2,1H3. The van der Waals surface area contributed by atoms with Crippen molar-refractivity contribution >= 4 is 0 Å². The second-order valence-electron chi connectivity index (χ2n) is 3.39. The molecule has 16 heavy (non-hydrogen) atoms. The molecule has 1 heterocycles. The van der Waals surface area contributed by atoms with Gasteiger partial charge in [0.05, 0.1) is 11.7 Å². The van der Waals surface area contributed by atoms with E-state index in [0.717, 1.165) is 0 Å². The molecule has 0 amide bonds. The van der Waals surface area contributed by atoms with E-state index in [2.05, 4.69) is 15.3 Å². The van der Waals surface area contributed by atoms with Crippen LogP contribution in [-0.2, 0) is 0 Å². The molecule has 1 aromatic rings. The Bertz CT molecular complexity index is 300. The van der Waals surface area contributed by atoms with Crippen LogP contribution < -0.4 is 5.32 Å². The maximum atomic E-state index is 12.1. The molecule has 0 spiro atoms. The van der Waals surface area contributed by atoms with Crippen molar-refractivity contribution in [2.45, 2.75) is 32.0 Å². The van der Waals surface area contributed by atoms with Crippen LogP contribution in [0.1, 0.15) is 31.5 Å². The molecule has 0 aromatic carbocycles. The molecular weight excluding hydrogens is 219 g/mol. The molecule has 3 nitrogen and oxygen atoms in total. The fraction of sp³-hybridized carbons (Fsp3) is 0.600. The van der Waals surface area contributed by atoms with Crippen LogP contribution in [0.4, 0.5) is 13.2 Å². The van der Waals surface area contributed by atoms with Crippen molar-refractivity contribution in [1.82, 2.24) is 15.3 Å². The fourth-order valence-electron chi connectivity index (χ4n) is 1.40. The number of alkyl halides is 3. The highest BCUT2D eigenvalue weighted by molar-refractivity contribution is 5.02. The minimum atomic E-state index is -4.13. The Morgan fingerprint density at radius 3 is 2.62 bits per heavy atom. The van der Waals surface area contributed by atoms with E-state index in [1.165, 1.54) is 18.6 Å². The van der Waals surface area contributed by atoms with Gasteiger partial charge in [0.2, 0.25) is 0 Å². The molecule has 1 unspecified atom stereocenters. The molecule has 0 aliphatic carbocycles. The minimum absolute atomic E-state index is 0.0178. The second-order valence-corrected chi connectivity index (χ2v) is 3.39. The third-order valence-corrected chi connectivity index (χ3v) is 2.11. The average molecular weight is 233 g/mol. The number of hydrogen-bond donors (Lipinski definition) is 1. The van der Waals surface area contributed by atoms with Gasteiger partial charge < -0.3 is 5.32 Å². The van der Waals surface area contributed by atoms with E-state index in [0.29, 0.717) is 12.2 Å². The zero-order chi connectivity index (χ0) is 12.0. The quantitative estimate of drug-likeness (QED) is 0.849. The Hall–Kier alpha value is -1.17. The summed E-state index contributed by atoms with van der Waals surface area (Å²) in [7, 11) is 0. The molecule has 1 atom stereocenters. The molecule has 6 heteroatoms. The van der Waals surface area contributed by atoms with E-state index in [4.69, 9.17) is 0 Å². The topological polar surface area (TPSA) is 37.8 Å². The Kier molecular flexibility index (Phi) is 4.67. The molecule has 0 saturated heterocycles. The van der Waals surface area contributed by atoms with Gasteiger partial charge in [-0.25, -0.2) is 0 Å². The molecule has 1 N–H and O–H groups in total. The van der Waals surface area contributed by atoms with Crippen LogP contribution in [0.3, 0.4) is 0 Å². The molecular formula is C10H14F3N3. The van der Waals surface area contributed by atoms with E-state index >= 15 is 0 Å². The molecule has 0 aliphatic rings. The normalized spacial score (nSPS) is 13.8. The van der Waals surface area contributed by atoms with Gasteiger partial charge in [-0.05, 0) is 13.0 Å². The number of halogens is 3. The zero-order valence-electron chi connectivity index (χ0n) is 8.96. The van der Waals surface area contributed by atoms with E-state index in [9.17, 15) is 13.2 Å². The third-order valence-electron chi connectivity index (χ3n) is 2.11. The summed E-state index contributed by atoms with van der Waals surface area (Å²) < 4.78 is 36.3. The van der Waals surface area contributed by atoms with E-state index in [-0.39, 0.29) is 12.5 Å². The maximum absolute atomic E-state index is 12.1. The number of nitrogens with one attached hydrogen (secondary N) is 1. The predicted molar refractivity (Wildman–Crippen MR) is 53.7 cm³/mol. The van der Waals surface area contributed by atoms with Gasteiger partial charge in [-0.3, -0.25) is 9.97 Å². The lowest BCUT2D eigenvalue weighted by molar-refractivity contribution is -0.136. The predicted octanol–water partition coefficient (Wildman–Crippen LogP) is 2.47. The Morgan fingerprint density at radius 2 is 2.12 bits per heavy atom. The SMILES string of the molecule is CCNC(CCC(F)(F)F)c1cnccn1. The van der Waals surface area contributed by atoms with Gasteiger partial charge in [-0.2, -0.15) is 13.2 Å². The number of nitrogens with zero attached hydrogens (tertiary/aromatic N) is 2. The smallest absolute Gasteiger partial charge is 0.309 e. The highest BCUT2D eigenvalue weighted by atomic mass is 19.4. The van der Waals surface area contributed by atoms with Crippen molar-refractivity contribution in [1.29, 1.82) is 0 Å². The van der Waals surface area contributed by atoms with Gasteiger partial charge in [0.25, 0.3) is 0 Å². The van der Waals surface area contributed by atoms with Gasteiger partial charge in [0.1, 0.15) is 0 Å². The Morgan fingerprint density at radius 1 is 1.38 bits per heavy atom. The van der Waals surface area contributed by atoms with Crippen LogP contribution in [0.5, 0.6) is 0 Å². The van der Waals surface area contributed by atoms with Crippen LogP contribution in [0, 0.1) is 0 Å². The van der Waals surface area contributed by atoms with Crippen LogP contribution in [0.2, 0.25) is 0 Å². The lowest BCUT2D eigenvalue weighted by atomic mass is 10.1. The molecule has 0 saturated carbocycles. The summed E-state index contributed by atoms with van der Waals surface area (Å²) in [6, 6.07) is -0.389. The molecule has 0 aliphatic heterocycles. The summed E-state index contributed by atoms with van der Waals surface area (Å²) in [5, 5.41) is 2.97. The van der Waals surface area contributed by atoms with E-state index in [1.807, 2.05) is 6.92 Å². The van der Waals surface area contributed by atoms with Gasteiger partial charge in [0.15, 0.2) is 0 Å². The number of hydrogen-bond acceptors (Lipinski definition) is 3. The molecule has 1 aromatic heterocycles. The monoisotopic (exact) mass is 233 g/mol. The number of rotatable bonds is 5. The summed E-state index contributed by atoms with van der Waals surface area (Å²) >= 11 is 0. The first-order chi connectivity index (χ1) is 7.53. The summed E-state index contributed by atoms with van der Waals surface area (Å²) in [4.78, 5) is 7.85. The highest BCUT2D eigenvalue weighted by Crippen LogP contribution is 2.26. The zero-order valence-corrected chi connectivity index (χ0v) is 8.96. The van der Waals surface area contributed by atoms with Crippen molar-refractivity contribution in [3.63, 3.8) is 0 Å². The average Bonchev–Trinajstić information content (AvgIpc) is 2.24. The first-order valence-electron chi connectivity index (χ1n) is 5.09. The molecule has 0 fully saturated rings. The Balaban J connectivity index is 2.61. The van der Waals surface area contributed by atoms with Gasteiger partial charge in [-0.1, -0.05) is 6.92 Å². The van der Waals surface area contributed by atoms with Crippen molar-refractivity contribution in [2.75, 3.05) is 6.54 Å². The molecule has 90 valence electrons. The van der Waals surface area contributed by atoms with Crippen molar-refractivity contribution < 1.29 is 13.2 Å². The van der Waals surface area contributed by atoms with Crippen LogP contribution in [-0.4, -0.2) is 22.7 Å². The summed E-state index contributed by atoms with van der Waals surface area (Å²) in [6.07, 6.45) is -0.500. The van der Waals surface area contributed by atoms with Crippen LogP contribution >= 0.6 is 0 Å². The van der Waals surface area contributed by atoms with Crippen molar-refractivity contribution in [3.8, 4) is 0 Å². The Labute approximate surface area is 92.1 Å². The summed E-state index contributed by atoms with van der Waals surface area (Å²) in [5.74, 6) is 0. The van der Waals surface area contributed by atoms with Crippen molar-refractivity contribution in [3.05, 3.63) is 24.3 Å². The molecule has 1 rings (SSSR count). The van der Waals surface area contributed by atoms with Crippen LogP contribution in [0.15, 0.2) is 18.6 Å². The fourth-order valence-corrected chi connectivity index (χ4v) is 1.40. The first-order valence-corrected chi connectivity index (χ1v) is 5.09. The van der Waals surface area contributed by atoms with E-state index in [1.54, 1.807) is 0 Å². The third kappa shape index (κ3) is 4.57. The van der Waals surface area contributed by atoms with Crippen molar-refractivity contribution in [2.24, 2.45) is 0 Å². The van der Waals surface area contributed by atoms with Crippen LogP contribution in [0.25, 0.3) is 0 Å². The highest BCUT2D eigenvalue weighted by Gasteiger charge is 2.28. The summed E-state index contributed by atoms with van der Waals surface area (Å²) in [5.41, 5.74) is 0.550.